The van der Waals surface area contributed by atoms with Gasteiger partial charge < -0.3 is 21.1 Å². The molecule has 0 saturated heterocycles. The predicted octanol–water partition coefficient (Wildman–Crippen LogP) is 1.36. The van der Waals surface area contributed by atoms with Gasteiger partial charge in [0.05, 0.1) is 0 Å². The largest absolute Gasteiger partial charge is 0.484 e. The van der Waals surface area contributed by atoms with Crippen LogP contribution in [0.15, 0.2) is 24.3 Å². The Labute approximate surface area is 127 Å². The molecule has 1 amide bonds. The van der Waals surface area contributed by atoms with Crippen LogP contribution in [0.1, 0.15) is 25.8 Å². The topological polar surface area (TPSA) is 81.6 Å². The van der Waals surface area contributed by atoms with Crippen molar-refractivity contribution in [2.24, 2.45) is 17.4 Å². The molecule has 5 nitrogen and oxygen atoms in total. The Morgan fingerprint density at radius 2 is 1.90 bits per heavy atom. The molecule has 4 N–H and O–H groups in total. The van der Waals surface area contributed by atoms with E-state index in [0.717, 1.165) is 19.5 Å². The van der Waals surface area contributed by atoms with Crippen molar-refractivity contribution in [1.29, 1.82) is 0 Å². The second-order valence-corrected chi connectivity index (χ2v) is 5.83. The van der Waals surface area contributed by atoms with Gasteiger partial charge in [0.25, 0.3) is 5.91 Å². The van der Waals surface area contributed by atoms with E-state index in [2.05, 4.69) is 25.8 Å². The van der Waals surface area contributed by atoms with E-state index in [1.54, 1.807) is 0 Å². The number of hydrogen-bond donors (Lipinski definition) is 2. The summed E-state index contributed by atoms with van der Waals surface area (Å²) in [6.07, 6.45) is 0.994. The van der Waals surface area contributed by atoms with Gasteiger partial charge in [-0.2, -0.15) is 0 Å². The third-order valence-electron chi connectivity index (χ3n) is 3.46. The highest BCUT2D eigenvalue weighted by Crippen LogP contribution is 2.13. The molecular weight excluding hydrogens is 266 g/mol. The number of carbonyl (C=O) groups is 1. The monoisotopic (exact) mass is 293 g/mol. The number of hydrogen-bond acceptors (Lipinski definition) is 4. The average Bonchev–Trinajstić information content (AvgIpc) is 2.43. The number of amides is 1. The molecule has 0 fully saturated rings. The number of carbonyl (C=O) groups excluding carboxylic acids is 1. The van der Waals surface area contributed by atoms with E-state index >= 15 is 0 Å². The number of ether oxygens (including phenoxy) is 1. The molecule has 1 rings (SSSR count). The maximum absolute atomic E-state index is 10.6. The zero-order valence-electron chi connectivity index (χ0n) is 13.2. The predicted molar refractivity (Wildman–Crippen MR) is 84.9 cm³/mol. The van der Waals surface area contributed by atoms with Crippen molar-refractivity contribution in [1.82, 2.24) is 4.90 Å². The summed E-state index contributed by atoms with van der Waals surface area (Å²) >= 11 is 0. The summed E-state index contributed by atoms with van der Waals surface area (Å²) in [7, 11) is 2.09. The highest BCUT2D eigenvalue weighted by atomic mass is 16.5. The summed E-state index contributed by atoms with van der Waals surface area (Å²) < 4.78 is 5.23. The highest BCUT2D eigenvalue weighted by Gasteiger charge is 2.09. The molecule has 0 saturated carbocycles. The van der Waals surface area contributed by atoms with Crippen molar-refractivity contribution < 1.29 is 9.53 Å². The summed E-state index contributed by atoms with van der Waals surface area (Å²) in [6, 6.07) is 7.94. The zero-order valence-corrected chi connectivity index (χ0v) is 13.2. The fourth-order valence-corrected chi connectivity index (χ4v) is 1.94. The van der Waals surface area contributed by atoms with E-state index in [4.69, 9.17) is 16.2 Å². The van der Waals surface area contributed by atoms with Gasteiger partial charge in [-0.15, -0.1) is 0 Å². The van der Waals surface area contributed by atoms with E-state index in [9.17, 15) is 4.79 Å². The molecule has 0 spiro atoms. The van der Waals surface area contributed by atoms with Gasteiger partial charge in [0, 0.05) is 12.6 Å². The van der Waals surface area contributed by atoms with Crippen LogP contribution < -0.4 is 16.2 Å². The van der Waals surface area contributed by atoms with Crippen LogP contribution in [0.4, 0.5) is 0 Å². The first-order valence-electron chi connectivity index (χ1n) is 7.32. The molecular formula is C16H27N3O2. The summed E-state index contributed by atoms with van der Waals surface area (Å²) in [5, 5.41) is 0. The normalized spacial score (nSPS) is 12.7. The third-order valence-corrected chi connectivity index (χ3v) is 3.46. The highest BCUT2D eigenvalue weighted by molar-refractivity contribution is 5.75. The van der Waals surface area contributed by atoms with E-state index < -0.39 is 5.91 Å². The van der Waals surface area contributed by atoms with Crippen LogP contribution in [0.25, 0.3) is 0 Å². The number of benzene rings is 1. The molecule has 0 bridgehead atoms. The van der Waals surface area contributed by atoms with Crippen LogP contribution in [0, 0.1) is 5.92 Å². The van der Waals surface area contributed by atoms with Gasteiger partial charge in [-0.05, 0) is 43.6 Å². The van der Waals surface area contributed by atoms with Crippen LogP contribution in [-0.2, 0) is 11.3 Å². The van der Waals surface area contributed by atoms with E-state index in [1.807, 2.05) is 24.3 Å². The quantitative estimate of drug-likeness (QED) is 0.720. The van der Waals surface area contributed by atoms with Gasteiger partial charge in [0.2, 0.25) is 0 Å². The minimum absolute atomic E-state index is 0.0909. The molecule has 0 aliphatic heterocycles. The van der Waals surface area contributed by atoms with E-state index in [-0.39, 0.29) is 12.6 Å². The first kappa shape index (κ1) is 17.5. The molecule has 21 heavy (non-hydrogen) atoms. The lowest BCUT2D eigenvalue weighted by Gasteiger charge is -2.21. The molecule has 0 heterocycles. The number of primary amides is 1. The molecule has 5 heteroatoms. The van der Waals surface area contributed by atoms with Gasteiger partial charge in [-0.1, -0.05) is 26.0 Å². The SMILES string of the molecule is CC(C)C(N)CCN(C)Cc1ccc(OCC(N)=O)cc1. The van der Waals surface area contributed by atoms with E-state index in [0.29, 0.717) is 11.7 Å². The third kappa shape index (κ3) is 7.11. The summed E-state index contributed by atoms with van der Waals surface area (Å²) in [4.78, 5) is 12.9. The smallest absolute Gasteiger partial charge is 0.255 e. The Hall–Kier alpha value is -1.59. The molecule has 1 unspecified atom stereocenters. The summed E-state index contributed by atoms with van der Waals surface area (Å²) in [5.41, 5.74) is 12.3. The van der Waals surface area contributed by atoms with Crippen molar-refractivity contribution in [3.8, 4) is 5.75 Å². The van der Waals surface area contributed by atoms with Gasteiger partial charge >= 0.3 is 0 Å². The van der Waals surface area contributed by atoms with Gasteiger partial charge in [0.1, 0.15) is 5.75 Å². The van der Waals surface area contributed by atoms with Crippen molar-refractivity contribution in [3.63, 3.8) is 0 Å². The van der Waals surface area contributed by atoms with Crippen LogP contribution in [0.3, 0.4) is 0 Å². The molecule has 0 aliphatic rings. The number of rotatable bonds is 9. The minimum atomic E-state index is -0.472. The Bertz CT molecular complexity index is 432. The first-order valence-corrected chi connectivity index (χ1v) is 7.32. The second kappa shape index (κ2) is 8.64. The first-order chi connectivity index (χ1) is 9.88. The molecule has 1 atom stereocenters. The maximum atomic E-state index is 10.6. The molecule has 1 aromatic rings. The van der Waals surface area contributed by atoms with Gasteiger partial charge in [0.15, 0.2) is 6.61 Å². The minimum Gasteiger partial charge on any atom is -0.484 e. The lowest BCUT2D eigenvalue weighted by molar-refractivity contribution is -0.119. The fourth-order valence-electron chi connectivity index (χ4n) is 1.94. The molecule has 0 aromatic heterocycles. The Balaban J connectivity index is 2.39. The van der Waals surface area contributed by atoms with Crippen molar-refractivity contribution in [2.45, 2.75) is 32.9 Å². The van der Waals surface area contributed by atoms with Crippen molar-refractivity contribution >= 4 is 5.91 Å². The Morgan fingerprint density at radius 3 is 2.43 bits per heavy atom. The Kier molecular flexibility index (Phi) is 7.19. The molecule has 118 valence electrons. The van der Waals surface area contributed by atoms with Crippen LogP contribution in [-0.4, -0.2) is 37.0 Å². The zero-order chi connectivity index (χ0) is 15.8. The van der Waals surface area contributed by atoms with Crippen molar-refractivity contribution in [3.05, 3.63) is 29.8 Å². The van der Waals surface area contributed by atoms with Gasteiger partial charge in [-0.3, -0.25) is 4.79 Å². The maximum Gasteiger partial charge on any atom is 0.255 e. The lowest BCUT2D eigenvalue weighted by atomic mass is 10.0. The molecule has 0 aliphatic carbocycles. The number of nitrogens with two attached hydrogens (primary N) is 2. The Morgan fingerprint density at radius 1 is 1.29 bits per heavy atom. The van der Waals surface area contributed by atoms with Crippen LogP contribution in [0.5, 0.6) is 5.75 Å². The average molecular weight is 293 g/mol. The standard InChI is InChI=1S/C16H27N3O2/c1-12(2)15(17)8-9-19(3)10-13-4-6-14(7-5-13)21-11-16(18)20/h4-7,12,15H,8-11,17H2,1-3H3,(H2,18,20). The fraction of sp³-hybridized carbons (Fsp3) is 0.562. The van der Waals surface area contributed by atoms with Crippen LogP contribution in [0.2, 0.25) is 0 Å². The lowest BCUT2D eigenvalue weighted by Crippen LogP contribution is -2.31. The summed E-state index contributed by atoms with van der Waals surface area (Å²) in [5.74, 6) is 0.697. The van der Waals surface area contributed by atoms with Gasteiger partial charge in [-0.25, -0.2) is 0 Å². The van der Waals surface area contributed by atoms with E-state index in [1.165, 1.54) is 5.56 Å². The van der Waals surface area contributed by atoms with Crippen LogP contribution >= 0.6 is 0 Å². The molecule has 0 radical (unpaired) electrons. The number of nitrogens with zero attached hydrogens (tertiary/aromatic N) is 1. The summed E-state index contributed by atoms with van der Waals surface area (Å²) in [6.45, 7) is 6.04. The molecule has 1 aromatic carbocycles. The second-order valence-electron chi connectivity index (χ2n) is 5.83. The van der Waals surface area contributed by atoms with Crippen molar-refractivity contribution in [2.75, 3.05) is 20.2 Å².